The SMILES string of the molecule is O=C(C1CCC(c2ccccc2)N(S(=O)(=O)c2ccccc2)C1)N1CCC(C(=O)N2CC3CC3C2)CC1. The van der Waals surface area contributed by atoms with E-state index in [1.165, 1.54) is 6.42 Å². The van der Waals surface area contributed by atoms with Gasteiger partial charge in [0.15, 0.2) is 0 Å². The van der Waals surface area contributed by atoms with Gasteiger partial charge in [-0.15, -0.1) is 0 Å². The minimum atomic E-state index is -3.77. The van der Waals surface area contributed by atoms with E-state index in [-0.39, 0.29) is 41.1 Å². The summed E-state index contributed by atoms with van der Waals surface area (Å²) in [7, 11) is -3.77. The summed E-state index contributed by atoms with van der Waals surface area (Å²) >= 11 is 0. The Morgan fingerprint density at radius 1 is 0.676 bits per heavy atom. The Morgan fingerprint density at radius 3 is 1.92 bits per heavy atom. The van der Waals surface area contributed by atoms with E-state index in [1.807, 2.05) is 40.1 Å². The highest BCUT2D eigenvalue weighted by Gasteiger charge is 2.48. The van der Waals surface area contributed by atoms with Gasteiger partial charge in [0.1, 0.15) is 0 Å². The number of nitrogens with zero attached hydrogens (tertiary/aromatic N) is 3. The van der Waals surface area contributed by atoms with Crippen molar-refractivity contribution in [1.29, 1.82) is 0 Å². The van der Waals surface area contributed by atoms with Gasteiger partial charge in [0.2, 0.25) is 21.8 Å². The van der Waals surface area contributed by atoms with E-state index in [0.29, 0.717) is 38.8 Å². The molecule has 3 heterocycles. The van der Waals surface area contributed by atoms with E-state index in [2.05, 4.69) is 0 Å². The monoisotopic (exact) mass is 521 g/mol. The molecule has 2 aromatic carbocycles. The van der Waals surface area contributed by atoms with Crippen LogP contribution >= 0.6 is 0 Å². The Balaban J connectivity index is 1.14. The van der Waals surface area contributed by atoms with Crippen molar-refractivity contribution in [2.45, 2.75) is 43.0 Å². The Labute approximate surface area is 219 Å². The zero-order valence-electron chi connectivity index (χ0n) is 21.1. The Kier molecular flexibility index (Phi) is 6.57. The number of piperidine rings is 3. The van der Waals surface area contributed by atoms with Crippen LogP contribution < -0.4 is 0 Å². The Hall–Kier alpha value is -2.71. The van der Waals surface area contributed by atoms with E-state index in [1.54, 1.807) is 34.6 Å². The van der Waals surface area contributed by atoms with Gasteiger partial charge in [0.05, 0.1) is 16.9 Å². The molecule has 8 heteroatoms. The number of hydrogen-bond acceptors (Lipinski definition) is 4. The third kappa shape index (κ3) is 4.81. The molecule has 2 aromatic rings. The first-order valence-corrected chi connectivity index (χ1v) is 15.0. The first-order valence-electron chi connectivity index (χ1n) is 13.6. The average Bonchev–Trinajstić information content (AvgIpc) is 3.57. The molecule has 4 aliphatic rings. The number of sulfonamides is 1. The summed E-state index contributed by atoms with van der Waals surface area (Å²) in [6.45, 7) is 3.14. The quantitative estimate of drug-likeness (QED) is 0.603. The molecule has 3 aliphatic heterocycles. The van der Waals surface area contributed by atoms with Crippen LogP contribution in [0.15, 0.2) is 65.6 Å². The van der Waals surface area contributed by atoms with Gasteiger partial charge in [-0.25, -0.2) is 8.42 Å². The molecule has 0 spiro atoms. The fourth-order valence-corrected chi connectivity index (χ4v) is 8.29. The molecule has 0 aromatic heterocycles. The van der Waals surface area contributed by atoms with Crippen molar-refractivity contribution in [2.24, 2.45) is 23.7 Å². The van der Waals surface area contributed by atoms with Gasteiger partial charge < -0.3 is 9.80 Å². The fraction of sp³-hybridized carbons (Fsp3) is 0.517. The average molecular weight is 522 g/mol. The Bertz CT molecular complexity index is 1230. The number of fused-ring (bicyclic) bond motifs is 1. The lowest BCUT2D eigenvalue weighted by molar-refractivity contribution is -0.143. The van der Waals surface area contributed by atoms with Gasteiger partial charge in [-0.05, 0) is 61.6 Å². The van der Waals surface area contributed by atoms with E-state index in [4.69, 9.17) is 0 Å². The molecule has 196 valence electrons. The summed E-state index contributed by atoms with van der Waals surface area (Å²) in [6, 6.07) is 17.9. The number of hydrogen-bond donors (Lipinski definition) is 0. The predicted molar refractivity (Wildman–Crippen MR) is 140 cm³/mol. The van der Waals surface area contributed by atoms with Crippen LogP contribution in [-0.4, -0.2) is 67.1 Å². The lowest BCUT2D eigenvalue weighted by Gasteiger charge is -2.41. The molecule has 0 radical (unpaired) electrons. The first-order chi connectivity index (χ1) is 17.9. The molecule has 1 aliphatic carbocycles. The minimum Gasteiger partial charge on any atom is -0.342 e. The Morgan fingerprint density at radius 2 is 1.27 bits per heavy atom. The van der Waals surface area contributed by atoms with Crippen LogP contribution in [-0.2, 0) is 19.6 Å². The zero-order valence-corrected chi connectivity index (χ0v) is 21.9. The predicted octanol–water partition coefficient (Wildman–Crippen LogP) is 3.55. The molecule has 37 heavy (non-hydrogen) atoms. The molecule has 4 fully saturated rings. The number of benzene rings is 2. The minimum absolute atomic E-state index is 0.00493. The summed E-state index contributed by atoms with van der Waals surface area (Å²) in [5, 5.41) is 0. The van der Waals surface area contributed by atoms with Crippen LogP contribution in [0.1, 0.15) is 43.7 Å². The fourth-order valence-electron chi connectivity index (χ4n) is 6.58. The standard InChI is InChI=1S/C29H35N3O4S/c33-28(31-18-24-17-25(24)19-31)22-13-15-30(16-14-22)29(34)23-11-12-27(21-7-3-1-4-8-21)32(20-23)37(35,36)26-9-5-2-6-10-26/h1-10,22-25,27H,11-20H2. The number of rotatable bonds is 5. The van der Waals surface area contributed by atoms with E-state index >= 15 is 0 Å². The van der Waals surface area contributed by atoms with Crippen molar-refractivity contribution in [3.8, 4) is 0 Å². The van der Waals surface area contributed by atoms with Crippen LogP contribution in [0.4, 0.5) is 0 Å². The maximum absolute atomic E-state index is 13.7. The van der Waals surface area contributed by atoms with Gasteiger partial charge >= 0.3 is 0 Å². The molecule has 4 unspecified atom stereocenters. The largest absolute Gasteiger partial charge is 0.342 e. The zero-order chi connectivity index (χ0) is 25.6. The molecule has 3 saturated heterocycles. The molecule has 0 N–H and O–H groups in total. The number of carbonyl (C=O) groups is 2. The van der Waals surface area contributed by atoms with Crippen molar-refractivity contribution in [1.82, 2.24) is 14.1 Å². The second kappa shape index (κ2) is 9.87. The number of carbonyl (C=O) groups excluding carboxylic acids is 2. The van der Waals surface area contributed by atoms with Crippen molar-refractivity contribution >= 4 is 21.8 Å². The van der Waals surface area contributed by atoms with Crippen molar-refractivity contribution in [3.63, 3.8) is 0 Å². The molecule has 6 rings (SSSR count). The number of amides is 2. The van der Waals surface area contributed by atoms with Crippen molar-refractivity contribution < 1.29 is 18.0 Å². The molecule has 4 atom stereocenters. The molecule has 0 bridgehead atoms. The van der Waals surface area contributed by atoms with Gasteiger partial charge in [0.25, 0.3) is 0 Å². The van der Waals surface area contributed by atoms with Crippen LogP contribution in [0.3, 0.4) is 0 Å². The molecular formula is C29H35N3O4S. The van der Waals surface area contributed by atoms with E-state index in [0.717, 1.165) is 30.5 Å². The highest BCUT2D eigenvalue weighted by atomic mass is 32.2. The third-order valence-electron chi connectivity index (χ3n) is 8.87. The van der Waals surface area contributed by atoms with Crippen molar-refractivity contribution in [3.05, 3.63) is 66.2 Å². The lowest BCUT2D eigenvalue weighted by Crippen LogP contribution is -2.50. The highest BCUT2D eigenvalue weighted by Crippen LogP contribution is 2.45. The molecule has 1 saturated carbocycles. The third-order valence-corrected chi connectivity index (χ3v) is 10.8. The van der Waals surface area contributed by atoms with Gasteiger partial charge in [0, 0.05) is 38.6 Å². The number of likely N-dealkylation sites (tertiary alicyclic amines) is 2. The van der Waals surface area contributed by atoms with Gasteiger partial charge in [-0.3, -0.25) is 9.59 Å². The van der Waals surface area contributed by atoms with E-state index < -0.39 is 10.0 Å². The topological polar surface area (TPSA) is 78.0 Å². The second-order valence-corrected chi connectivity index (χ2v) is 13.1. The van der Waals surface area contributed by atoms with Crippen LogP contribution in [0.25, 0.3) is 0 Å². The second-order valence-electron chi connectivity index (χ2n) is 11.2. The smallest absolute Gasteiger partial charge is 0.243 e. The maximum Gasteiger partial charge on any atom is 0.243 e. The first kappa shape index (κ1) is 24.6. The maximum atomic E-state index is 13.7. The van der Waals surface area contributed by atoms with E-state index in [9.17, 15) is 18.0 Å². The van der Waals surface area contributed by atoms with Gasteiger partial charge in [-0.1, -0.05) is 48.5 Å². The molecule has 7 nitrogen and oxygen atoms in total. The van der Waals surface area contributed by atoms with Gasteiger partial charge in [-0.2, -0.15) is 4.31 Å². The summed E-state index contributed by atoms with van der Waals surface area (Å²) in [6.07, 6.45) is 3.91. The van der Waals surface area contributed by atoms with Crippen molar-refractivity contribution in [2.75, 3.05) is 32.7 Å². The molecule has 2 amide bonds. The lowest BCUT2D eigenvalue weighted by atomic mass is 9.88. The van der Waals surface area contributed by atoms with Crippen LogP contribution in [0.2, 0.25) is 0 Å². The summed E-state index contributed by atoms with van der Waals surface area (Å²) < 4.78 is 29.0. The van der Waals surface area contributed by atoms with Crippen LogP contribution in [0, 0.1) is 23.7 Å². The molecular weight excluding hydrogens is 486 g/mol. The van der Waals surface area contributed by atoms with Crippen LogP contribution in [0.5, 0.6) is 0 Å². The highest BCUT2D eigenvalue weighted by molar-refractivity contribution is 7.89. The summed E-state index contributed by atoms with van der Waals surface area (Å²) in [5.74, 6) is 1.37. The summed E-state index contributed by atoms with van der Waals surface area (Å²) in [5.41, 5.74) is 0.951. The normalized spacial score (nSPS) is 28.6. The summed E-state index contributed by atoms with van der Waals surface area (Å²) in [4.78, 5) is 30.7.